The van der Waals surface area contributed by atoms with Crippen LogP contribution in [0.2, 0.25) is 0 Å². The van der Waals surface area contributed by atoms with Crippen LogP contribution in [0.25, 0.3) is 0 Å². The molecule has 3 aliphatic heterocycles. The van der Waals surface area contributed by atoms with Crippen molar-refractivity contribution in [2.24, 2.45) is 4.99 Å². The van der Waals surface area contributed by atoms with E-state index in [0.717, 1.165) is 64.6 Å². The molecule has 0 saturated carbocycles. The summed E-state index contributed by atoms with van der Waals surface area (Å²) in [4.78, 5) is 9.98. The molecule has 0 atom stereocenters. The highest BCUT2D eigenvalue weighted by Crippen LogP contribution is 2.33. The first-order valence-corrected chi connectivity index (χ1v) is 12.2. The first kappa shape index (κ1) is 22.6. The maximum atomic E-state index is 11.9. The number of halogens is 1. The van der Waals surface area contributed by atoms with Crippen molar-refractivity contribution >= 4 is 6.02 Å². The standard InChI is InChI=1S/C23H27N3O.C6H5F/c1-2-6-19(7-3-1)16-25-14-11-23(12-15-25)18-27-22(24-23)26-13-10-20-8-4-5-9-21(20)17-26;7-6-4-2-1-3-5-6/h1-9H,10-18H2;1-5H. The molecule has 0 radical (unpaired) electrons. The maximum Gasteiger partial charge on any atom is 0.288 e. The SMILES string of the molecule is Fc1ccccc1.c1ccc(CN2CCC3(CC2)COC(N2CCc4ccccc4C2)=N3)cc1. The summed E-state index contributed by atoms with van der Waals surface area (Å²) in [6, 6.07) is 28.3. The summed E-state index contributed by atoms with van der Waals surface area (Å²) in [6.45, 7) is 5.91. The lowest BCUT2D eigenvalue weighted by Crippen LogP contribution is -2.43. The van der Waals surface area contributed by atoms with Gasteiger partial charge in [0.1, 0.15) is 18.0 Å². The number of hydrogen-bond donors (Lipinski definition) is 0. The molecule has 34 heavy (non-hydrogen) atoms. The Morgan fingerprint density at radius 1 is 0.794 bits per heavy atom. The molecule has 4 nitrogen and oxygen atoms in total. The molecule has 1 fully saturated rings. The molecule has 1 saturated heterocycles. The van der Waals surface area contributed by atoms with Crippen LogP contribution in [0.1, 0.15) is 29.5 Å². The fourth-order valence-electron chi connectivity index (χ4n) is 4.93. The molecule has 3 aromatic rings. The second-order valence-corrected chi connectivity index (χ2v) is 9.40. The summed E-state index contributed by atoms with van der Waals surface area (Å²) < 4.78 is 18.0. The molecule has 0 aliphatic carbocycles. The Morgan fingerprint density at radius 2 is 1.44 bits per heavy atom. The Morgan fingerprint density at radius 3 is 2.12 bits per heavy atom. The summed E-state index contributed by atoms with van der Waals surface area (Å²) in [5, 5.41) is 0. The van der Waals surface area contributed by atoms with Gasteiger partial charge >= 0.3 is 0 Å². The number of rotatable bonds is 2. The quantitative estimate of drug-likeness (QED) is 0.523. The molecular weight excluding hydrogens is 425 g/mol. The topological polar surface area (TPSA) is 28.1 Å². The van der Waals surface area contributed by atoms with Gasteiger partial charge < -0.3 is 9.64 Å². The molecule has 0 amide bonds. The van der Waals surface area contributed by atoms with Gasteiger partial charge in [-0.2, -0.15) is 0 Å². The van der Waals surface area contributed by atoms with Crippen molar-refractivity contribution in [1.82, 2.24) is 9.80 Å². The molecule has 3 aromatic carbocycles. The maximum absolute atomic E-state index is 11.9. The smallest absolute Gasteiger partial charge is 0.288 e. The summed E-state index contributed by atoms with van der Waals surface area (Å²) in [5.41, 5.74) is 4.27. The van der Waals surface area contributed by atoms with E-state index in [-0.39, 0.29) is 11.4 Å². The fraction of sp³-hybridized carbons (Fsp3) is 0.345. The Balaban J connectivity index is 0.000000297. The van der Waals surface area contributed by atoms with E-state index in [1.54, 1.807) is 18.2 Å². The average Bonchev–Trinajstić information content (AvgIpc) is 3.30. The van der Waals surface area contributed by atoms with Crippen LogP contribution in [0, 0.1) is 5.82 Å². The minimum atomic E-state index is -0.178. The third kappa shape index (κ3) is 5.48. The first-order chi connectivity index (χ1) is 16.7. The van der Waals surface area contributed by atoms with Gasteiger partial charge in [0, 0.05) is 32.7 Å². The van der Waals surface area contributed by atoms with Crippen molar-refractivity contribution in [3.05, 3.63) is 107 Å². The Labute approximate surface area is 201 Å². The van der Waals surface area contributed by atoms with Crippen molar-refractivity contribution in [2.75, 3.05) is 26.2 Å². The molecule has 3 aliphatic rings. The van der Waals surface area contributed by atoms with Gasteiger partial charge in [-0.25, -0.2) is 9.38 Å². The number of ether oxygens (including phenoxy) is 1. The van der Waals surface area contributed by atoms with Crippen LogP contribution in [-0.4, -0.2) is 47.6 Å². The third-order valence-electron chi connectivity index (χ3n) is 6.97. The molecule has 0 N–H and O–H groups in total. The number of nitrogens with zero attached hydrogens (tertiary/aromatic N) is 3. The van der Waals surface area contributed by atoms with Crippen LogP contribution in [0.15, 0.2) is 89.9 Å². The monoisotopic (exact) mass is 457 g/mol. The molecule has 6 rings (SSSR count). The number of likely N-dealkylation sites (tertiary alicyclic amines) is 1. The highest BCUT2D eigenvalue weighted by Gasteiger charge is 2.41. The van der Waals surface area contributed by atoms with Gasteiger partial charge in [0.25, 0.3) is 6.02 Å². The van der Waals surface area contributed by atoms with E-state index in [9.17, 15) is 4.39 Å². The number of piperidine rings is 1. The van der Waals surface area contributed by atoms with E-state index < -0.39 is 0 Å². The zero-order chi connectivity index (χ0) is 23.2. The van der Waals surface area contributed by atoms with Crippen LogP contribution in [0.4, 0.5) is 4.39 Å². The summed E-state index contributed by atoms with van der Waals surface area (Å²) in [7, 11) is 0. The predicted octanol–water partition coefficient (Wildman–Crippen LogP) is 5.29. The first-order valence-electron chi connectivity index (χ1n) is 12.2. The van der Waals surface area contributed by atoms with Crippen molar-refractivity contribution in [1.29, 1.82) is 0 Å². The third-order valence-corrected chi connectivity index (χ3v) is 6.97. The lowest BCUT2D eigenvalue weighted by molar-refractivity contribution is 0.126. The van der Waals surface area contributed by atoms with Gasteiger partial charge in [-0.05, 0) is 48.1 Å². The van der Waals surface area contributed by atoms with E-state index in [2.05, 4.69) is 64.4 Å². The van der Waals surface area contributed by atoms with Gasteiger partial charge in [-0.15, -0.1) is 0 Å². The molecule has 3 heterocycles. The van der Waals surface area contributed by atoms with E-state index in [1.807, 2.05) is 0 Å². The van der Waals surface area contributed by atoms with Crippen molar-refractivity contribution in [2.45, 2.75) is 37.9 Å². The molecular formula is C29H32FN3O. The molecule has 0 bridgehead atoms. The van der Waals surface area contributed by atoms with Gasteiger partial charge in [-0.3, -0.25) is 4.90 Å². The molecule has 5 heteroatoms. The van der Waals surface area contributed by atoms with E-state index in [4.69, 9.17) is 9.73 Å². The summed E-state index contributed by atoms with van der Waals surface area (Å²) >= 11 is 0. The number of benzene rings is 3. The molecule has 0 aromatic heterocycles. The van der Waals surface area contributed by atoms with Crippen LogP contribution in [-0.2, 0) is 24.2 Å². The second-order valence-electron chi connectivity index (χ2n) is 9.40. The van der Waals surface area contributed by atoms with Gasteiger partial charge in [0.2, 0.25) is 0 Å². The van der Waals surface area contributed by atoms with Crippen LogP contribution in [0.5, 0.6) is 0 Å². The lowest BCUT2D eigenvalue weighted by Gasteiger charge is -2.36. The lowest BCUT2D eigenvalue weighted by atomic mass is 9.89. The number of hydrogen-bond acceptors (Lipinski definition) is 4. The van der Waals surface area contributed by atoms with E-state index in [1.165, 1.54) is 28.8 Å². The van der Waals surface area contributed by atoms with Crippen molar-refractivity contribution in [3.8, 4) is 0 Å². The van der Waals surface area contributed by atoms with Gasteiger partial charge in [-0.1, -0.05) is 72.8 Å². The minimum Gasteiger partial charge on any atom is -0.463 e. The number of fused-ring (bicyclic) bond motifs is 1. The van der Waals surface area contributed by atoms with E-state index >= 15 is 0 Å². The summed E-state index contributed by atoms with van der Waals surface area (Å²) in [5.74, 6) is -0.178. The zero-order valence-corrected chi connectivity index (χ0v) is 19.6. The van der Waals surface area contributed by atoms with Gasteiger partial charge in [0.05, 0.1) is 0 Å². The molecule has 176 valence electrons. The zero-order valence-electron chi connectivity index (χ0n) is 19.6. The van der Waals surface area contributed by atoms with Crippen molar-refractivity contribution < 1.29 is 9.13 Å². The van der Waals surface area contributed by atoms with Crippen LogP contribution < -0.4 is 0 Å². The van der Waals surface area contributed by atoms with E-state index in [0.29, 0.717) is 0 Å². The number of aliphatic imine (C=N–C) groups is 1. The molecule has 0 unspecified atom stereocenters. The summed E-state index contributed by atoms with van der Waals surface area (Å²) in [6.07, 6.45) is 3.26. The second kappa shape index (κ2) is 10.4. The predicted molar refractivity (Wildman–Crippen MR) is 134 cm³/mol. The highest BCUT2D eigenvalue weighted by molar-refractivity contribution is 5.76. The fourth-order valence-corrected chi connectivity index (χ4v) is 4.93. The Kier molecular flexibility index (Phi) is 6.91. The van der Waals surface area contributed by atoms with Crippen LogP contribution in [0.3, 0.4) is 0 Å². The van der Waals surface area contributed by atoms with Gasteiger partial charge in [0.15, 0.2) is 0 Å². The minimum absolute atomic E-state index is 0.000510. The highest BCUT2D eigenvalue weighted by atomic mass is 19.1. The molecule has 1 spiro atoms. The normalized spacial score (nSPS) is 19.0. The van der Waals surface area contributed by atoms with Crippen molar-refractivity contribution in [3.63, 3.8) is 0 Å². The Bertz CT molecular complexity index is 1090. The Hall–Kier alpha value is -3.18. The van der Waals surface area contributed by atoms with Crippen LogP contribution >= 0.6 is 0 Å². The average molecular weight is 458 g/mol. The number of amidine groups is 1. The largest absolute Gasteiger partial charge is 0.463 e.